The van der Waals surface area contributed by atoms with E-state index in [1.54, 1.807) is 16.8 Å². The topological polar surface area (TPSA) is 57.3 Å². The monoisotopic (exact) mass is 268 g/mol. The van der Waals surface area contributed by atoms with Crippen LogP contribution in [0.25, 0.3) is 0 Å². The molecule has 1 amide bonds. The van der Waals surface area contributed by atoms with Gasteiger partial charge in [0.2, 0.25) is 5.91 Å². The lowest BCUT2D eigenvalue weighted by molar-refractivity contribution is -0.132. The lowest BCUT2D eigenvalue weighted by Gasteiger charge is -2.39. The number of rotatable bonds is 4. The van der Waals surface area contributed by atoms with Gasteiger partial charge in [-0.1, -0.05) is 0 Å². The molecular weight excluding hydrogens is 248 g/mol. The van der Waals surface area contributed by atoms with E-state index in [1.165, 1.54) is 0 Å². The molecule has 2 rings (SSSR count). The van der Waals surface area contributed by atoms with E-state index in [9.17, 15) is 4.79 Å². The quantitative estimate of drug-likeness (QED) is 0.832. The van der Waals surface area contributed by atoms with E-state index in [1.807, 2.05) is 19.2 Å². The van der Waals surface area contributed by atoms with Crippen LogP contribution in [0.3, 0.4) is 0 Å². The molecule has 0 aromatic carbocycles. The Balaban J connectivity index is 1.89. The number of carbonyl (C=O) groups excluding carboxylic acids is 1. The predicted molar refractivity (Wildman–Crippen MR) is 72.5 cm³/mol. The smallest absolute Gasteiger partial charge is 0.240 e. The molecule has 1 saturated heterocycles. The van der Waals surface area contributed by atoms with Gasteiger partial charge in [-0.2, -0.15) is 0 Å². The van der Waals surface area contributed by atoms with E-state index in [-0.39, 0.29) is 5.91 Å². The fourth-order valence-electron chi connectivity index (χ4n) is 2.08. The van der Waals surface area contributed by atoms with Crippen molar-refractivity contribution in [3.8, 4) is 0 Å². The molecule has 0 spiro atoms. The summed E-state index contributed by atoms with van der Waals surface area (Å²) in [6.07, 6.45) is 0. The minimum atomic E-state index is -0.460. The second-order valence-corrected chi connectivity index (χ2v) is 5.68. The van der Waals surface area contributed by atoms with Crippen LogP contribution in [0.1, 0.15) is 19.5 Å². The molecule has 1 fully saturated rings. The molecule has 1 aromatic heterocycles. The molecule has 2 heterocycles. The summed E-state index contributed by atoms with van der Waals surface area (Å²) >= 11 is 1.55. The van der Waals surface area contributed by atoms with Gasteiger partial charge in [-0.25, -0.2) is 4.98 Å². The number of thiazole rings is 1. The number of hydrogen-bond acceptors (Lipinski definition) is 5. The number of nitrogens with zero attached hydrogens (tertiary/aromatic N) is 2. The third kappa shape index (κ3) is 3.07. The number of amides is 1. The van der Waals surface area contributed by atoms with Crippen molar-refractivity contribution in [3.63, 3.8) is 0 Å². The fourth-order valence-corrected chi connectivity index (χ4v) is 2.64. The van der Waals surface area contributed by atoms with Gasteiger partial charge in [-0.05, 0) is 13.8 Å². The number of hydrogen-bond donors (Lipinski definition) is 2. The molecule has 1 aliphatic heterocycles. The molecule has 0 saturated carbocycles. The third-order valence-electron chi connectivity index (χ3n) is 3.38. The average molecular weight is 268 g/mol. The lowest BCUT2D eigenvalue weighted by Crippen LogP contribution is -2.59. The molecule has 100 valence electrons. The summed E-state index contributed by atoms with van der Waals surface area (Å²) in [6, 6.07) is 0. The van der Waals surface area contributed by atoms with Gasteiger partial charge in [0.25, 0.3) is 0 Å². The van der Waals surface area contributed by atoms with Crippen molar-refractivity contribution in [1.82, 2.24) is 20.5 Å². The maximum absolute atomic E-state index is 12.3. The summed E-state index contributed by atoms with van der Waals surface area (Å²) < 4.78 is 0. The van der Waals surface area contributed by atoms with E-state index >= 15 is 0 Å². The maximum atomic E-state index is 12.3. The van der Waals surface area contributed by atoms with Gasteiger partial charge in [-0.3, -0.25) is 9.69 Å². The molecule has 2 N–H and O–H groups in total. The van der Waals surface area contributed by atoms with Gasteiger partial charge in [0.1, 0.15) is 0 Å². The average Bonchev–Trinajstić information content (AvgIpc) is 2.90. The second-order valence-electron chi connectivity index (χ2n) is 4.96. The van der Waals surface area contributed by atoms with Gasteiger partial charge in [0.05, 0.1) is 23.3 Å². The van der Waals surface area contributed by atoms with Crippen LogP contribution in [-0.2, 0) is 11.3 Å². The molecule has 0 bridgehead atoms. The summed E-state index contributed by atoms with van der Waals surface area (Å²) in [5.41, 5.74) is 2.24. The van der Waals surface area contributed by atoms with Crippen LogP contribution in [0.15, 0.2) is 10.9 Å². The zero-order chi connectivity index (χ0) is 13.0. The van der Waals surface area contributed by atoms with Gasteiger partial charge in [-0.15, -0.1) is 11.3 Å². The first-order valence-electron chi connectivity index (χ1n) is 6.22. The molecule has 5 nitrogen and oxygen atoms in total. The highest BCUT2D eigenvalue weighted by atomic mass is 32.1. The van der Waals surface area contributed by atoms with E-state index in [0.29, 0.717) is 6.54 Å². The Morgan fingerprint density at radius 3 is 2.89 bits per heavy atom. The van der Waals surface area contributed by atoms with Gasteiger partial charge in [0, 0.05) is 31.6 Å². The van der Waals surface area contributed by atoms with E-state index < -0.39 is 5.54 Å². The number of nitrogens with one attached hydrogen (secondary N) is 2. The van der Waals surface area contributed by atoms with Crippen molar-refractivity contribution in [3.05, 3.63) is 16.6 Å². The minimum absolute atomic E-state index is 0.0670. The van der Waals surface area contributed by atoms with Gasteiger partial charge < -0.3 is 10.6 Å². The van der Waals surface area contributed by atoms with Crippen molar-refractivity contribution in [2.75, 3.05) is 26.2 Å². The third-order valence-corrected chi connectivity index (χ3v) is 4.01. The zero-order valence-electron chi connectivity index (χ0n) is 10.9. The second kappa shape index (κ2) is 5.77. The Bertz CT molecular complexity index is 385. The van der Waals surface area contributed by atoms with Crippen LogP contribution in [0.2, 0.25) is 0 Å². The van der Waals surface area contributed by atoms with E-state index in [2.05, 4.69) is 20.5 Å². The van der Waals surface area contributed by atoms with Crippen LogP contribution in [-0.4, -0.2) is 47.5 Å². The van der Waals surface area contributed by atoms with Crippen molar-refractivity contribution in [2.24, 2.45) is 0 Å². The highest BCUT2D eigenvalue weighted by Crippen LogP contribution is 2.15. The van der Waals surface area contributed by atoms with Crippen LogP contribution in [0, 0.1) is 0 Å². The first kappa shape index (κ1) is 13.5. The van der Waals surface area contributed by atoms with Crippen molar-refractivity contribution in [1.29, 1.82) is 0 Å². The lowest BCUT2D eigenvalue weighted by atomic mass is 10.0. The largest absolute Gasteiger partial charge is 0.349 e. The Morgan fingerprint density at radius 1 is 1.56 bits per heavy atom. The summed E-state index contributed by atoms with van der Waals surface area (Å²) in [7, 11) is 0. The number of piperazine rings is 1. The normalized spacial score (nSPS) is 17.7. The summed E-state index contributed by atoms with van der Waals surface area (Å²) in [5.74, 6) is 0.0670. The van der Waals surface area contributed by atoms with Crippen molar-refractivity contribution < 1.29 is 4.79 Å². The molecule has 0 atom stereocenters. The SMILES string of the molecule is CC(C)(C(=O)NCc1cscn1)N1CCNCC1. The first-order chi connectivity index (χ1) is 8.60. The molecular formula is C12H20N4OS. The summed E-state index contributed by atoms with van der Waals surface area (Å²) in [6.45, 7) is 8.20. The molecule has 0 radical (unpaired) electrons. The Hall–Kier alpha value is -0.980. The fraction of sp³-hybridized carbons (Fsp3) is 0.667. The van der Waals surface area contributed by atoms with Crippen LogP contribution in [0.5, 0.6) is 0 Å². The Labute approximate surface area is 112 Å². The highest BCUT2D eigenvalue weighted by molar-refractivity contribution is 7.07. The number of aromatic nitrogens is 1. The number of carbonyl (C=O) groups is 1. The van der Waals surface area contributed by atoms with Crippen molar-refractivity contribution in [2.45, 2.75) is 25.9 Å². The zero-order valence-corrected chi connectivity index (χ0v) is 11.7. The summed E-state index contributed by atoms with van der Waals surface area (Å²) in [4.78, 5) is 18.6. The summed E-state index contributed by atoms with van der Waals surface area (Å²) in [5, 5.41) is 8.22. The molecule has 1 aliphatic rings. The Kier molecular flexibility index (Phi) is 4.31. The maximum Gasteiger partial charge on any atom is 0.240 e. The van der Waals surface area contributed by atoms with Gasteiger partial charge in [0.15, 0.2) is 0 Å². The van der Waals surface area contributed by atoms with Crippen LogP contribution >= 0.6 is 11.3 Å². The van der Waals surface area contributed by atoms with E-state index in [0.717, 1.165) is 31.9 Å². The van der Waals surface area contributed by atoms with Crippen molar-refractivity contribution >= 4 is 17.2 Å². The van der Waals surface area contributed by atoms with E-state index in [4.69, 9.17) is 0 Å². The Morgan fingerprint density at radius 2 is 2.28 bits per heavy atom. The van der Waals surface area contributed by atoms with Gasteiger partial charge >= 0.3 is 0 Å². The molecule has 6 heteroatoms. The predicted octanol–water partition coefficient (Wildman–Crippen LogP) is 0.443. The molecule has 0 unspecified atom stereocenters. The molecule has 18 heavy (non-hydrogen) atoms. The first-order valence-corrected chi connectivity index (χ1v) is 7.16. The van der Waals surface area contributed by atoms with Crippen LogP contribution < -0.4 is 10.6 Å². The molecule has 1 aromatic rings. The highest BCUT2D eigenvalue weighted by Gasteiger charge is 2.34. The minimum Gasteiger partial charge on any atom is -0.349 e. The standard InChI is InChI=1S/C12H20N4OS/c1-12(2,16-5-3-13-4-6-16)11(17)14-7-10-8-18-9-15-10/h8-9,13H,3-7H2,1-2H3,(H,14,17). The van der Waals surface area contributed by atoms with Crippen LogP contribution in [0.4, 0.5) is 0 Å². The molecule has 0 aliphatic carbocycles.